The lowest BCUT2D eigenvalue weighted by atomic mass is 10.2. The summed E-state index contributed by atoms with van der Waals surface area (Å²) in [7, 11) is -2.75. The van der Waals surface area contributed by atoms with Crippen molar-refractivity contribution in [1.82, 2.24) is 15.0 Å². The molecule has 0 unspecified atom stereocenters. The number of hydrogen-bond donors (Lipinski definition) is 2. The van der Waals surface area contributed by atoms with Gasteiger partial charge in [0.15, 0.2) is 0 Å². The largest absolute Gasteiger partial charge is 0.481 e. The van der Waals surface area contributed by atoms with Crippen LogP contribution in [-0.2, 0) is 16.4 Å². The summed E-state index contributed by atoms with van der Waals surface area (Å²) in [6.45, 7) is 0. The molecule has 1 aromatic carbocycles. The predicted octanol–water partition coefficient (Wildman–Crippen LogP) is 3.34. The Morgan fingerprint density at radius 2 is 2.15 bits per heavy atom. The Labute approximate surface area is 156 Å². The van der Waals surface area contributed by atoms with E-state index in [-0.39, 0.29) is 22.3 Å². The number of anilines is 1. The summed E-state index contributed by atoms with van der Waals surface area (Å²) in [5.41, 5.74) is 0.708. The van der Waals surface area contributed by atoms with Crippen molar-refractivity contribution < 1.29 is 21.9 Å². The van der Waals surface area contributed by atoms with Crippen LogP contribution >= 0.6 is 15.9 Å². The van der Waals surface area contributed by atoms with E-state index >= 15 is 0 Å². The number of para-hydroxylation sites is 1. The third-order valence-corrected chi connectivity index (χ3v) is 5.56. The second-order valence-electron chi connectivity index (χ2n) is 5.24. The minimum Gasteiger partial charge on any atom is -0.481 e. The van der Waals surface area contributed by atoms with Crippen LogP contribution in [0.3, 0.4) is 0 Å². The first-order valence-electron chi connectivity index (χ1n) is 7.28. The van der Waals surface area contributed by atoms with Gasteiger partial charge in [-0.25, -0.2) is 26.9 Å². The van der Waals surface area contributed by atoms with Gasteiger partial charge in [-0.1, -0.05) is 12.1 Å². The molecule has 0 radical (unpaired) electrons. The van der Waals surface area contributed by atoms with Crippen LogP contribution in [0, 0.1) is 0 Å². The van der Waals surface area contributed by atoms with Crippen LogP contribution in [0.5, 0.6) is 5.88 Å². The van der Waals surface area contributed by atoms with Crippen LogP contribution in [0.15, 0.2) is 40.0 Å². The first-order chi connectivity index (χ1) is 12.3. The third kappa shape index (κ3) is 3.63. The van der Waals surface area contributed by atoms with Crippen molar-refractivity contribution in [2.24, 2.45) is 0 Å². The van der Waals surface area contributed by atoms with Crippen LogP contribution in [-0.4, -0.2) is 36.9 Å². The van der Waals surface area contributed by atoms with Gasteiger partial charge in [0.25, 0.3) is 10.0 Å². The summed E-state index contributed by atoms with van der Waals surface area (Å²) in [4.78, 5) is 10.6. The normalized spacial score (nSPS) is 11.9. The molecule has 0 aliphatic carbocycles. The van der Waals surface area contributed by atoms with Crippen molar-refractivity contribution in [3.8, 4) is 5.88 Å². The zero-order chi connectivity index (χ0) is 18.9. The fourth-order valence-corrected chi connectivity index (χ4v) is 4.02. The average molecular weight is 447 g/mol. The van der Waals surface area contributed by atoms with Crippen molar-refractivity contribution in [2.75, 3.05) is 11.8 Å². The molecule has 7 nitrogen and oxygen atoms in total. The number of rotatable bonds is 6. The number of hydrogen-bond acceptors (Lipinski definition) is 5. The SMILES string of the molecule is COc1nc(NS(=O)(=O)c2c[nH]c3c(Br)cccc23)ncc1CC(F)F. The molecule has 2 aromatic heterocycles. The molecule has 0 aliphatic rings. The van der Waals surface area contributed by atoms with E-state index in [0.717, 1.165) is 6.20 Å². The highest BCUT2D eigenvalue weighted by molar-refractivity contribution is 9.10. The van der Waals surface area contributed by atoms with E-state index in [2.05, 4.69) is 35.6 Å². The summed E-state index contributed by atoms with van der Waals surface area (Å²) >= 11 is 3.34. The van der Waals surface area contributed by atoms with Crippen LogP contribution < -0.4 is 9.46 Å². The molecule has 0 bridgehead atoms. The number of methoxy groups -OCH3 is 1. The topological polar surface area (TPSA) is 97.0 Å². The summed E-state index contributed by atoms with van der Waals surface area (Å²) in [6, 6.07) is 5.13. The van der Waals surface area contributed by atoms with E-state index in [0.29, 0.717) is 15.4 Å². The fourth-order valence-electron chi connectivity index (χ4n) is 2.41. The van der Waals surface area contributed by atoms with Crippen molar-refractivity contribution in [2.45, 2.75) is 17.7 Å². The number of nitrogens with one attached hydrogen (secondary N) is 2. The zero-order valence-corrected chi connectivity index (χ0v) is 15.7. The van der Waals surface area contributed by atoms with E-state index in [1.54, 1.807) is 18.2 Å². The highest BCUT2D eigenvalue weighted by atomic mass is 79.9. The van der Waals surface area contributed by atoms with Gasteiger partial charge in [-0.2, -0.15) is 4.98 Å². The quantitative estimate of drug-likeness (QED) is 0.604. The molecule has 11 heteroatoms. The van der Waals surface area contributed by atoms with Crippen molar-refractivity contribution in [3.05, 3.63) is 40.6 Å². The lowest BCUT2D eigenvalue weighted by Gasteiger charge is -2.10. The molecule has 0 fully saturated rings. The Kier molecular flexibility index (Phi) is 5.10. The minimum absolute atomic E-state index is 0.00743. The lowest BCUT2D eigenvalue weighted by molar-refractivity contribution is 0.147. The number of benzene rings is 1. The second kappa shape index (κ2) is 7.16. The van der Waals surface area contributed by atoms with E-state index in [1.165, 1.54) is 13.3 Å². The Hall–Kier alpha value is -2.27. The molecule has 0 atom stereocenters. The minimum atomic E-state index is -4.01. The second-order valence-corrected chi connectivity index (χ2v) is 7.75. The van der Waals surface area contributed by atoms with E-state index < -0.39 is 22.9 Å². The molecule has 26 heavy (non-hydrogen) atoms. The molecule has 0 saturated carbocycles. The smallest absolute Gasteiger partial charge is 0.266 e. The number of halogens is 3. The van der Waals surface area contributed by atoms with Crippen LogP contribution in [0.1, 0.15) is 5.56 Å². The number of aromatic nitrogens is 3. The summed E-state index contributed by atoms with van der Waals surface area (Å²) < 4.78 is 58.3. The molecule has 2 N–H and O–H groups in total. The van der Waals surface area contributed by atoms with E-state index in [1.807, 2.05) is 0 Å². The number of sulfonamides is 1. The monoisotopic (exact) mass is 446 g/mol. The van der Waals surface area contributed by atoms with Crippen LogP contribution in [0.25, 0.3) is 10.9 Å². The number of fused-ring (bicyclic) bond motifs is 1. The van der Waals surface area contributed by atoms with Gasteiger partial charge in [0.1, 0.15) is 4.90 Å². The highest BCUT2D eigenvalue weighted by Crippen LogP contribution is 2.29. The Morgan fingerprint density at radius 3 is 2.85 bits per heavy atom. The van der Waals surface area contributed by atoms with E-state index in [9.17, 15) is 17.2 Å². The maximum Gasteiger partial charge on any atom is 0.266 e. The van der Waals surface area contributed by atoms with Crippen molar-refractivity contribution in [1.29, 1.82) is 0 Å². The molecule has 138 valence electrons. The first-order valence-corrected chi connectivity index (χ1v) is 9.56. The van der Waals surface area contributed by atoms with Crippen LogP contribution in [0.2, 0.25) is 0 Å². The Balaban J connectivity index is 1.95. The molecular weight excluding hydrogens is 434 g/mol. The van der Waals surface area contributed by atoms with Gasteiger partial charge in [-0.05, 0) is 22.0 Å². The Bertz CT molecular complexity index is 1060. The average Bonchev–Trinajstić information content (AvgIpc) is 3.02. The lowest BCUT2D eigenvalue weighted by Crippen LogP contribution is -2.15. The molecule has 0 amide bonds. The zero-order valence-electron chi connectivity index (χ0n) is 13.3. The molecule has 2 heterocycles. The number of nitrogens with zero attached hydrogens (tertiary/aromatic N) is 2. The fraction of sp³-hybridized carbons (Fsp3) is 0.200. The molecule has 0 saturated heterocycles. The van der Waals surface area contributed by atoms with Gasteiger partial charge in [0, 0.05) is 34.2 Å². The molecule has 3 rings (SSSR count). The number of H-pyrrole nitrogens is 1. The van der Waals surface area contributed by atoms with Crippen LogP contribution in [0.4, 0.5) is 14.7 Å². The summed E-state index contributed by atoms with van der Waals surface area (Å²) in [6.07, 6.45) is -0.728. The molecule has 0 aliphatic heterocycles. The summed E-state index contributed by atoms with van der Waals surface area (Å²) in [5.74, 6) is -0.385. The summed E-state index contributed by atoms with van der Waals surface area (Å²) in [5, 5.41) is 0.480. The van der Waals surface area contributed by atoms with Gasteiger partial charge >= 0.3 is 0 Å². The van der Waals surface area contributed by atoms with Crippen molar-refractivity contribution in [3.63, 3.8) is 0 Å². The number of aromatic amines is 1. The third-order valence-electron chi connectivity index (χ3n) is 3.53. The maximum absolute atomic E-state index is 12.7. The maximum atomic E-state index is 12.7. The molecular formula is C15H13BrF2N4O3S. The van der Waals surface area contributed by atoms with Crippen molar-refractivity contribution >= 4 is 42.8 Å². The molecule has 3 aromatic rings. The highest BCUT2D eigenvalue weighted by Gasteiger charge is 2.22. The number of ether oxygens (including phenoxy) is 1. The molecule has 0 spiro atoms. The number of alkyl halides is 2. The van der Waals surface area contributed by atoms with E-state index in [4.69, 9.17) is 4.74 Å². The van der Waals surface area contributed by atoms with Gasteiger partial charge in [-0.3, -0.25) is 0 Å². The van der Waals surface area contributed by atoms with Gasteiger partial charge in [0.2, 0.25) is 18.3 Å². The first kappa shape index (κ1) is 18.5. The standard InChI is InChI=1S/C15H13BrF2N4O3S/c1-25-14-8(5-12(17)18)6-20-15(21-14)22-26(23,24)11-7-19-13-9(11)3-2-4-10(13)16/h2-4,6-7,12,19H,5H2,1H3,(H,20,21,22). The van der Waals surface area contributed by atoms with Gasteiger partial charge in [-0.15, -0.1) is 0 Å². The Morgan fingerprint density at radius 1 is 1.38 bits per heavy atom. The van der Waals surface area contributed by atoms with Gasteiger partial charge in [0.05, 0.1) is 12.6 Å². The van der Waals surface area contributed by atoms with Gasteiger partial charge < -0.3 is 9.72 Å². The predicted molar refractivity (Wildman–Crippen MR) is 95.1 cm³/mol.